The minimum atomic E-state index is -0.965. The van der Waals surface area contributed by atoms with Gasteiger partial charge in [0.1, 0.15) is 18.4 Å². The van der Waals surface area contributed by atoms with Crippen molar-refractivity contribution in [3.63, 3.8) is 0 Å². The molecule has 4 amide bonds. The van der Waals surface area contributed by atoms with Crippen LogP contribution in [0.3, 0.4) is 0 Å². The van der Waals surface area contributed by atoms with Gasteiger partial charge in [-0.2, -0.15) is 5.26 Å². The molecule has 1 saturated carbocycles. The molecule has 0 bridgehead atoms. The number of piperidine rings is 3. The predicted molar refractivity (Wildman–Crippen MR) is 243 cm³/mol. The minimum absolute atomic E-state index is 0.0995. The van der Waals surface area contributed by atoms with Crippen molar-refractivity contribution < 1.29 is 23.9 Å². The van der Waals surface area contributed by atoms with Crippen LogP contribution in [-0.2, 0) is 21.6 Å². The number of fused-ring (bicyclic) bond motifs is 1. The third kappa shape index (κ3) is 8.58. The van der Waals surface area contributed by atoms with Gasteiger partial charge in [-0.1, -0.05) is 37.6 Å². The Morgan fingerprint density at radius 2 is 1.53 bits per heavy atom. The molecule has 9 rings (SSSR count). The molecule has 1 aromatic heterocycles. The summed E-state index contributed by atoms with van der Waals surface area (Å²) in [6, 6.07) is 23.2. The zero-order chi connectivity index (χ0) is 44.8. The Labute approximate surface area is 379 Å². The fraction of sp³-hybridized carbons (Fsp3) is 0.460. The molecule has 14 heteroatoms. The molecule has 1 aliphatic carbocycles. The second-order valence-corrected chi connectivity index (χ2v) is 19.3. The maximum absolute atomic E-state index is 13.4. The summed E-state index contributed by atoms with van der Waals surface area (Å²) in [5.41, 5.74) is 5.02. The summed E-state index contributed by atoms with van der Waals surface area (Å²) >= 11 is 6.32. The number of carbonyl (C=O) groups excluding carboxylic acids is 4. The van der Waals surface area contributed by atoms with Crippen molar-refractivity contribution >= 4 is 46.9 Å². The number of aromatic nitrogens is 2. The third-order valence-corrected chi connectivity index (χ3v) is 15.2. The summed E-state index contributed by atoms with van der Waals surface area (Å²) in [6.45, 7) is 8.19. The fourth-order valence-corrected chi connectivity index (χ4v) is 10.9. The molecule has 1 spiro atoms. The van der Waals surface area contributed by atoms with E-state index in [0.29, 0.717) is 45.8 Å². The highest BCUT2D eigenvalue weighted by Crippen LogP contribution is 2.46. The van der Waals surface area contributed by atoms with Crippen molar-refractivity contribution in [1.29, 1.82) is 5.26 Å². The van der Waals surface area contributed by atoms with Gasteiger partial charge in [0.2, 0.25) is 17.8 Å². The quantitative estimate of drug-likeness (QED) is 0.158. The number of hydrogen-bond acceptors (Lipinski definition) is 11. The maximum atomic E-state index is 13.4. The molecule has 5 aliphatic rings. The molecule has 4 aromatic rings. The molecule has 5 heterocycles. The van der Waals surface area contributed by atoms with Crippen LogP contribution in [-0.4, -0.2) is 94.7 Å². The van der Waals surface area contributed by atoms with Gasteiger partial charge in [-0.05, 0) is 136 Å². The standard InChI is InChI=1S/C50H55ClN8O5/c1-49(2,34-26-32(30-52)27-35(51)28-34)33-4-7-40(8-5-33)64-31-36-14-21-53-48(54-36)58-24-19-50(20-25-58)17-12-37(13-18-50)56(3)38-15-22-57(23-16-38)39-6-9-41-42(29-39)47(63)59(46(41)62)43-10-11-44(60)55-45(43)61/h4-9,14,21,26-29,37-38,43H,10-13,15-20,22-25,31H2,1-3H3,(H,55,60,61). The van der Waals surface area contributed by atoms with Gasteiger partial charge < -0.3 is 19.4 Å². The third-order valence-electron chi connectivity index (χ3n) is 14.9. The number of benzene rings is 3. The van der Waals surface area contributed by atoms with E-state index >= 15 is 0 Å². The van der Waals surface area contributed by atoms with E-state index in [1.807, 2.05) is 42.6 Å². The van der Waals surface area contributed by atoms with Gasteiger partial charge >= 0.3 is 0 Å². The van der Waals surface area contributed by atoms with Gasteiger partial charge in [-0.3, -0.25) is 29.4 Å². The number of hydrogen-bond donors (Lipinski definition) is 1. The normalized spacial score (nSPS) is 20.8. The Morgan fingerprint density at radius 1 is 0.828 bits per heavy atom. The Hall–Kier alpha value is -5.84. The van der Waals surface area contributed by atoms with Crippen LogP contribution in [0, 0.1) is 16.7 Å². The number of amides is 4. The number of nitrogens with one attached hydrogen (secondary N) is 1. The first-order valence-corrected chi connectivity index (χ1v) is 23.0. The largest absolute Gasteiger partial charge is 0.487 e. The van der Waals surface area contributed by atoms with E-state index < -0.39 is 23.8 Å². The van der Waals surface area contributed by atoms with Crippen LogP contribution >= 0.6 is 11.6 Å². The van der Waals surface area contributed by atoms with E-state index in [9.17, 15) is 24.4 Å². The lowest BCUT2D eigenvalue weighted by Gasteiger charge is -2.49. The summed E-state index contributed by atoms with van der Waals surface area (Å²) in [4.78, 5) is 68.7. The first kappa shape index (κ1) is 43.4. The molecule has 0 radical (unpaired) electrons. The topological polar surface area (TPSA) is 152 Å². The number of ether oxygens (including phenoxy) is 1. The van der Waals surface area contributed by atoms with Gasteiger partial charge in [0, 0.05) is 67.0 Å². The Morgan fingerprint density at radius 3 is 2.23 bits per heavy atom. The Kier molecular flexibility index (Phi) is 11.9. The van der Waals surface area contributed by atoms with Crippen LogP contribution in [0.1, 0.15) is 121 Å². The molecule has 13 nitrogen and oxygen atoms in total. The number of nitrogens with zero attached hydrogens (tertiary/aromatic N) is 7. The lowest BCUT2D eigenvalue weighted by atomic mass is 9.66. The number of anilines is 2. The zero-order valence-electron chi connectivity index (χ0n) is 36.8. The van der Waals surface area contributed by atoms with Crippen molar-refractivity contribution in [2.45, 2.75) is 108 Å². The van der Waals surface area contributed by atoms with E-state index in [2.05, 4.69) is 64.1 Å². The van der Waals surface area contributed by atoms with Crippen LogP contribution in [0.4, 0.5) is 11.6 Å². The summed E-state index contributed by atoms with van der Waals surface area (Å²) < 4.78 is 6.18. The molecule has 1 N–H and O–H groups in total. The van der Waals surface area contributed by atoms with Crippen molar-refractivity contribution in [1.82, 2.24) is 25.1 Å². The number of nitriles is 1. The summed E-state index contributed by atoms with van der Waals surface area (Å²) in [5.74, 6) is -0.404. The highest BCUT2D eigenvalue weighted by atomic mass is 35.5. The predicted octanol–water partition coefficient (Wildman–Crippen LogP) is 7.44. The summed E-state index contributed by atoms with van der Waals surface area (Å²) in [6.07, 6.45) is 11.3. The van der Waals surface area contributed by atoms with Crippen molar-refractivity contribution in [3.8, 4) is 11.8 Å². The smallest absolute Gasteiger partial charge is 0.262 e. The number of halogens is 1. The van der Waals surface area contributed by atoms with E-state index in [1.54, 1.807) is 18.2 Å². The minimum Gasteiger partial charge on any atom is -0.487 e. The van der Waals surface area contributed by atoms with Gasteiger partial charge in [-0.15, -0.1) is 0 Å². The van der Waals surface area contributed by atoms with Crippen molar-refractivity contribution in [2.24, 2.45) is 5.41 Å². The average Bonchev–Trinajstić information content (AvgIpc) is 3.56. The van der Waals surface area contributed by atoms with E-state index in [4.69, 9.17) is 21.3 Å². The molecule has 4 fully saturated rings. The maximum Gasteiger partial charge on any atom is 0.262 e. The van der Waals surface area contributed by atoms with Gasteiger partial charge in [0.15, 0.2) is 0 Å². The molecule has 64 heavy (non-hydrogen) atoms. The van der Waals surface area contributed by atoms with E-state index in [1.165, 1.54) is 25.7 Å². The first-order valence-electron chi connectivity index (χ1n) is 22.6. The van der Waals surface area contributed by atoms with Crippen LogP contribution in [0.5, 0.6) is 5.75 Å². The van der Waals surface area contributed by atoms with Crippen molar-refractivity contribution in [3.05, 3.63) is 111 Å². The molecule has 3 aromatic carbocycles. The zero-order valence-corrected chi connectivity index (χ0v) is 37.6. The molecule has 1 atom stereocenters. The van der Waals surface area contributed by atoms with Crippen molar-refractivity contribution in [2.75, 3.05) is 43.0 Å². The SMILES string of the molecule is CN(C1CCN(c2ccc3c(c2)C(=O)N(C2CCC(=O)NC2=O)C3=O)CC1)C1CCC2(CC1)CCN(c1nccc(COc3ccc(C(C)(C)c4cc(Cl)cc(C#N)c4)cc3)n1)CC2. The summed E-state index contributed by atoms with van der Waals surface area (Å²) in [5, 5.41) is 12.2. The molecule has 1 unspecified atom stereocenters. The van der Waals surface area contributed by atoms with Gasteiger partial charge in [-0.25, -0.2) is 9.97 Å². The Bertz CT molecular complexity index is 2500. The molecule has 4 aliphatic heterocycles. The first-order chi connectivity index (χ1) is 30.8. The molecule has 332 valence electrons. The van der Waals surface area contributed by atoms with Crippen LogP contribution in [0.15, 0.2) is 72.9 Å². The lowest BCUT2D eigenvalue weighted by molar-refractivity contribution is -0.136. The number of carbonyl (C=O) groups is 4. The van der Waals surface area contributed by atoms with E-state index in [-0.39, 0.29) is 24.2 Å². The van der Waals surface area contributed by atoms with Gasteiger partial charge in [0.05, 0.1) is 28.5 Å². The van der Waals surface area contributed by atoms with Crippen LogP contribution in [0.25, 0.3) is 0 Å². The van der Waals surface area contributed by atoms with Crippen LogP contribution in [0.2, 0.25) is 5.02 Å². The number of imide groups is 2. The average molecular weight is 883 g/mol. The second kappa shape index (κ2) is 17.6. The molecular formula is C50H55ClN8O5. The van der Waals surface area contributed by atoms with Crippen LogP contribution < -0.4 is 19.9 Å². The number of rotatable bonds is 10. The summed E-state index contributed by atoms with van der Waals surface area (Å²) in [7, 11) is 2.30. The molecule has 3 saturated heterocycles. The lowest BCUT2D eigenvalue weighted by Crippen LogP contribution is -2.54. The van der Waals surface area contributed by atoms with Gasteiger partial charge in [0.25, 0.3) is 11.8 Å². The molecular weight excluding hydrogens is 828 g/mol. The highest BCUT2D eigenvalue weighted by Gasteiger charge is 2.45. The highest BCUT2D eigenvalue weighted by molar-refractivity contribution is 6.30. The Balaban J connectivity index is 0.727. The van der Waals surface area contributed by atoms with E-state index in [0.717, 1.165) is 91.0 Å². The second-order valence-electron chi connectivity index (χ2n) is 18.9. The monoisotopic (exact) mass is 882 g/mol. The fourth-order valence-electron chi connectivity index (χ4n) is 10.7.